The van der Waals surface area contributed by atoms with Crippen LogP contribution in [0, 0.1) is 0 Å². The lowest BCUT2D eigenvalue weighted by molar-refractivity contribution is 0.372. The Morgan fingerprint density at radius 3 is 2.81 bits per heavy atom. The number of aromatic nitrogens is 2. The van der Waals surface area contributed by atoms with Gasteiger partial charge in [0.25, 0.3) is 0 Å². The van der Waals surface area contributed by atoms with Crippen molar-refractivity contribution >= 4 is 63.5 Å². The number of guanidine groups is 1. The summed E-state index contributed by atoms with van der Waals surface area (Å²) in [7, 11) is 1.83. The van der Waals surface area contributed by atoms with E-state index in [1.807, 2.05) is 41.2 Å². The number of nitrogens with one attached hydrogen (secondary N) is 1. The van der Waals surface area contributed by atoms with Gasteiger partial charge in [-0.15, -0.1) is 35.3 Å². The number of aliphatic imine (C=N–C) groups is 1. The van der Waals surface area contributed by atoms with Crippen molar-refractivity contribution in [2.24, 2.45) is 4.99 Å². The smallest absolute Gasteiger partial charge is 0.194 e. The first-order valence-electron chi connectivity index (χ1n) is 8.60. The molecule has 0 saturated carbocycles. The maximum absolute atomic E-state index is 6.11. The van der Waals surface area contributed by atoms with Crippen LogP contribution in [0.5, 0.6) is 0 Å². The zero-order valence-corrected chi connectivity index (χ0v) is 18.9. The van der Waals surface area contributed by atoms with Crippen molar-refractivity contribution in [1.82, 2.24) is 19.6 Å². The van der Waals surface area contributed by atoms with Crippen LogP contribution in [0.1, 0.15) is 5.69 Å². The highest BCUT2D eigenvalue weighted by Gasteiger charge is 2.20. The highest BCUT2D eigenvalue weighted by atomic mass is 127. The van der Waals surface area contributed by atoms with Crippen molar-refractivity contribution in [3.05, 3.63) is 52.8 Å². The quantitative estimate of drug-likeness (QED) is 0.329. The SMILES string of the molecule is CN=C(NCc1cn2ccsc2n1)N1CCN(c2cccc(Cl)c2)CC1.I. The minimum absolute atomic E-state index is 0. The van der Waals surface area contributed by atoms with Gasteiger partial charge in [-0.05, 0) is 18.2 Å². The van der Waals surface area contributed by atoms with Gasteiger partial charge < -0.3 is 15.1 Å². The molecular formula is C18H22ClIN6S. The number of hydrogen-bond donors (Lipinski definition) is 1. The van der Waals surface area contributed by atoms with Gasteiger partial charge in [0, 0.05) is 61.7 Å². The zero-order valence-electron chi connectivity index (χ0n) is 15.0. The summed E-state index contributed by atoms with van der Waals surface area (Å²) in [4.78, 5) is 14.7. The molecule has 4 rings (SSSR count). The van der Waals surface area contributed by atoms with Gasteiger partial charge in [-0.25, -0.2) is 4.98 Å². The van der Waals surface area contributed by atoms with Crippen molar-refractivity contribution in [2.75, 3.05) is 38.1 Å². The monoisotopic (exact) mass is 516 g/mol. The molecule has 1 aliphatic rings. The standard InChI is InChI=1S/C18H21ClN6S.HI/c1-20-17(21-12-15-13-25-9-10-26-18(25)22-15)24-7-5-23(6-8-24)16-4-2-3-14(19)11-16;/h2-4,9-11,13H,5-8,12H2,1H3,(H,20,21);1H. The Morgan fingerprint density at radius 2 is 2.11 bits per heavy atom. The number of piperazine rings is 1. The third-order valence-corrected chi connectivity index (χ3v) is 5.54. The van der Waals surface area contributed by atoms with Crippen molar-refractivity contribution < 1.29 is 0 Å². The molecule has 0 radical (unpaired) electrons. The molecule has 0 bridgehead atoms. The van der Waals surface area contributed by atoms with Crippen LogP contribution in [0.3, 0.4) is 0 Å². The van der Waals surface area contributed by atoms with E-state index in [2.05, 4.69) is 37.4 Å². The summed E-state index contributed by atoms with van der Waals surface area (Å²) in [5.41, 5.74) is 2.20. The molecule has 0 spiro atoms. The molecule has 0 aliphatic carbocycles. The van der Waals surface area contributed by atoms with E-state index in [1.165, 1.54) is 5.69 Å². The normalized spacial score (nSPS) is 15.1. The van der Waals surface area contributed by atoms with Gasteiger partial charge in [0.15, 0.2) is 10.9 Å². The highest BCUT2D eigenvalue weighted by Crippen LogP contribution is 2.20. The van der Waals surface area contributed by atoms with E-state index in [9.17, 15) is 0 Å². The summed E-state index contributed by atoms with van der Waals surface area (Å²) in [5.74, 6) is 0.923. The molecule has 144 valence electrons. The van der Waals surface area contributed by atoms with Crippen LogP contribution in [0.2, 0.25) is 5.02 Å². The molecule has 1 saturated heterocycles. The molecule has 1 aliphatic heterocycles. The molecule has 0 atom stereocenters. The van der Waals surface area contributed by atoms with E-state index < -0.39 is 0 Å². The van der Waals surface area contributed by atoms with Gasteiger partial charge in [-0.1, -0.05) is 17.7 Å². The van der Waals surface area contributed by atoms with Gasteiger partial charge in [0.2, 0.25) is 0 Å². The molecule has 3 heterocycles. The molecule has 3 aromatic rings. The van der Waals surface area contributed by atoms with Gasteiger partial charge in [0.05, 0.1) is 12.2 Å². The molecule has 6 nitrogen and oxygen atoms in total. The van der Waals surface area contributed by atoms with Gasteiger partial charge in [-0.3, -0.25) is 9.39 Å². The van der Waals surface area contributed by atoms with Crippen molar-refractivity contribution in [3.8, 4) is 0 Å². The minimum atomic E-state index is 0. The predicted molar refractivity (Wildman–Crippen MR) is 124 cm³/mol. The Bertz CT molecular complexity index is 887. The Balaban J connectivity index is 0.00000210. The van der Waals surface area contributed by atoms with E-state index in [-0.39, 0.29) is 24.0 Å². The summed E-state index contributed by atoms with van der Waals surface area (Å²) in [5, 5.41) is 6.25. The number of nitrogens with zero attached hydrogens (tertiary/aromatic N) is 5. The van der Waals surface area contributed by atoms with Crippen LogP contribution in [0.15, 0.2) is 47.0 Å². The lowest BCUT2D eigenvalue weighted by Gasteiger charge is -2.37. The summed E-state index contributed by atoms with van der Waals surface area (Å²) in [6, 6.07) is 8.04. The molecule has 0 unspecified atom stereocenters. The number of rotatable bonds is 3. The van der Waals surface area contributed by atoms with Gasteiger partial charge in [-0.2, -0.15) is 0 Å². The third kappa shape index (κ3) is 4.67. The van der Waals surface area contributed by atoms with Crippen LogP contribution >= 0.6 is 46.9 Å². The maximum Gasteiger partial charge on any atom is 0.194 e. The highest BCUT2D eigenvalue weighted by molar-refractivity contribution is 14.0. The van der Waals surface area contributed by atoms with Crippen LogP contribution in [0.25, 0.3) is 4.96 Å². The number of benzene rings is 1. The number of halogens is 2. The van der Waals surface area contributed by atoms with Crippen LogP contribution < -0.4 is 10.2 Å². The zero-order chi connectivity index (χ0) is 17.9. The first-order chi connectivity index (χ1) is 12.7. The van der Waals surface area contributed by atoms with E-state index in [0.717, 1.165) is 47.8 Å². The molecule has 2 aromatic heterocycles. The molecular weight excluding hydrogens is 495 g/mol. The van der Waals surface area contributed by atoms with Crippen molar-refractivity contribution in [2.45, 2.75) is 6.54 Å². The van der Waals surface area contributed by atoms with E-state index in [1.54, 1.807) is 11.3 Å². The van der Waals surface area contributed by atoms with Crippen LogP contribution in [0.4, 0.5) is 5.69 Å². The molecule has 27 heavy (non-hydrogen) atoms. The second-order valence-electron chi connectivity index (χ2n) is 6.18. The molecule has 9 heteroatoms. The average Bonchev–Trinajstić information content (AvgIpc) is 3.24. The first kappa shape index (κ1) is 20.2. The average molecular weight is 517 g/mol. The molecule has 1 N–H and O–H groups in total. The Kier molecular flexibility index (Phi) is 6.83. The lowest BCUT2D eigenvalue weighted by atomic mass is 10.2. The number of hydrogen-bond acceptors (Lipinski definition) is 4. The van der Waals surface area contributed by atoms with Crippen LogP contribution in [-0.4, -0.2) is 53.5 Å². The number of anilines is 1. The minimum Gasteiger partial charge on any atom is -0.368 e. The van der Waals surface area contributed by atoms with Crippen molar-refractivity contribution in [3.63, 3.8) is 0 Å². The largest absolute Gasteiger partial charge is 0.368 e. The van der Waals surface area contributed by atoms with Crippen LogP contribution in [-0.2, 0) is 6.54 Å². The second kappa shape index (κ2) is 9.11. The van der Waals surface area contributed by atoms with Gasteiger partial charge in [0.1, 0.15) is 0 Å². The maximum atomic E-state index is 6.11. The molecule has 1 aromatic carbocycles. The second-order valence-corrected chi connectivity index (χ2v) is 7.49. The molecule has 1 fully saturated rings. The third-order valence-electron chi connectivity index (χ3n) is 4.54. The fourth-order valence-electron chi connectivity index (χ4n) is 3.21. The predicted octanol–water partition coefficient (Wildman–Crippen LogP) is 3.56. The Morgan fingerprint density at radius 1 is 1.30 bits per heavy atom. The molecule has 0 amide bonds. The Hall–Kier alpha value is -1.52. The Labute approximate surface area is 184 Å². The topological polar surface area (TPSA) is 48.2 Å². The summed E-state index contributed by atoms with van der Waals surface area (Å²) in [6.07, 6.45) is 4.09. The van der Waals surface area contributed by atoms with Gasteiger partial charge >= 0.3 is 0 Å². The number of thiazole rings is 1. The fourth-order valence-corrected chi connectivity index (χ4v) is 4.12. The fraction of sp³-hybridized carbons (Fsp3) is 0.333. The first-order valence-corrected chi connectivity index (χ1v) is 9.86. The van der Waals surface area contributed by atoms with E-state index >= 15 is 0 Å². The van der Waals surface area contributed by atoms with E-state index in [0.29, 0.717) is 6.54 Å². The summed E-state index contributed by atoms with van der Waals surface area (Å²) >= 11 is 7.76. The summed E-state index contributed by atoms with van der Waals surface area (Å²) in [6.45, 7) is 4.41. The number of fused-ring (bicyclic) bond motifs is 1. The lowest BCUT2D eigenvalue weighted by Crippen LogP contribution is -2.52. The summed E-state index contributed by atoms with van der Waals surface area (Å²) < 4.78 is 2.05. The number of imidazole rings is 1. The van der Waals surface area contributed by atoms with E-state index in [4.69, 9.17) is 11.6 Å². The van der Waals surface area contributed by atoms with Crippen molar-refractivity contribution in [1.29, 1.82) is 0 Å².